The van der Waals surface area contributed by atoms with Crippen LogP contribution in [-0.4, -0.2) is 10.2 Å². The lowest BCUT2D eigenvalue weighted by atomic mass is 9.97. The first-order valence-corrected chi connectivity index (χ1v) is 6.35. The number of aromatic nitrogens is 2. The molecular weight excluding hydrogens is 256 g/mol. The minimum Gasteiger partial charge on any atom is -0.159 e. The summed E-state index contributed by atoms with van der Waals surface area (Å²) < 4.78 is 0. The van der Waals surface area contributed by atoms with Crippen LogP contribution in [0.4, 0.5) is 0 Å². The molecule has 0 amide bonds. The van der Waals surface area contributed by atoms with Gasteiger partial charge in [-0.2, -0.15) is 10.2 Å². The molecule has 0 atom stereocenters. The van der Waals surface area contributed by atoms with E-state index in [0.717, 1.165) is 22.4 Å². The fraction of sp³-hybridized carbons (Fsp3) is 0. The van der Waals surface area contributed by atoms with Gasteiger partial charge in [0.1, 0.15) is 0 Å². The van der Waals surface area contributed by atoms with Gasteiger partial charge in [0.2, 0.25) is 0 Å². The maximum absolute atomic E-state index is 6.12. The van der Waals surface area contributed by atoms with E-state index < -0.39 is 0 Å². The van der Waals surface area contributed by atoms with Gasteiger partial charge in [-0.15, -0.1) is 0 Å². The second kappa shape index (κ2) is 5.21. The van der Waals surface area contributed by atoms with E-state index in [0.29, 0.717) is 5.02 Å². The third kappa shape index (κ3) is 2.49. The molecule has 2 nitrogen and oxygen atoms in total. The smallest absolute Gasteiger partial charge is 0.0935 e. The summed E-state index contributed by atoms with van der Waals surface area (Å²) in [5.41, 5.74) is 4.06. The lowest BCUT2D eigenvalue weighted by molar-refractivity contribution is 1.04. The first kappa shape index (κ1) is 11.9. The Balaban J connectivity index is 2.21. The van der Waals surface area contributed by atoms with Crippen molar-refractivity contribution in [1.29, 1.82) is 0 Å². The van der Waals surface area contributed by atoms with Crippen molar-refractivity contribution in [2.45, 2.75) is 0 Å². The Labute approximate surface area is 116 Å². The van der Waals surface area contributed by atoms with Crippen molar-refractivity contribution in [1.82, 2.24) is 10.2 Å². The number of nitrogens with zero attached hydrogens (tertiary/aromatic N) is 2. The van der Waals surface area contributed by atoms with Crippen LogP contribution in [-0.2, 0) is 0 Å². The van der Waals surface area contributed by atoms with E-state index in [4.69, 9.17) is 11.6 Å². The van der Waals surface area contributed by atoms with E-state index in [1.54, 1.807) is 6.20 Å². The van der Waals surface area contributed by atoms with Crippen LogP contribution >= 0.6 is 11.6 Å². The molecule has 3 heteroatoms. The van der Waals surface area contributed by atoms with Gasteiger partial charge in [-0.05, 0) is 35.4 Å². The zero-order chi connectivity index (χ0) is 13.1. The van der Waals surface area contributed by atoms with Crippen LogP contribution < -0.4 is 0 Å². The highest BCUT2D eigenvalue weighted by Crippen LogP contribution is 2.32. The molecule has 1 aromatic heterocycles. The molecule has 0 saturated heterocycles. The minimum atomic E-state index is 0.714. The first-order valence-electron chi connectivity index (χ1n) is 5.97. The number of rotatable bonds is 2. The maximum atomic E-state index is 6.12. The fourth-order valence-electron chi connectivity index (χ4n) is 2.04. The zero-order valence-corrected chi connectivity index (χ0v) is 10.9. The van der Waals surface area contributed by atoms with E-state index in [2.05, 4.69) is 22.3 Å². The third-order valence-electron chi connectivity index (χ3n) is 2.91. The molecule has 0 radical (unpaired) electrons. The molecule has 19 heavy (non-hydrogen) atoms. The van der Waals surface area contributed by atoms with E-state index in [-0.39, 0.29) is 0 Å². The zero-order valence-electron chi connectivity index (χ0n) is 10.1. The van der Waals surface area contributed by atoms with E-state index in [1.165, 1.54) is 0 Å². The Hall–Kier alpha value is -2.19. The number of halogens is 1. The van der Waals surface area contributed by atoms with Crippen molar-refractivity contribution in [3.8, 4) is 22.4 Å². The van der Waals surface area contributed by atoms with Crippen LogP contribution in [0, 0.1) is 0 Å². The normalized spacial score (nSPS) is 10.4. The van der Waals surface area contributed by atoms with Crippen molar-refractivity contribution in [3.05, 3.63) is 71.9 Å². The van der Waals surface area contributed by atoms with Gasteiger partial charge in [0, 0.05) is 16.8 Å². The summed E-state index contributed by atoms with van der Waals surface area (Å²) in [6.45, 7) is 0. The third-order valence-corrected chi connectivity index (χ3v) is 3.15. The molecule has 2 aromatic carbocycles. The van der Waals surface area contributed by atoms with E-state index in [1.807, 2.05) is 48.5 Å². The molecule has 0 unspecified atom stereocenters. The Kier molecular flexibility index (Phi) is 3.25. The largest absolute Gasteiger partial charge is 0.159 e. The number of benzene rings is 2. The highest BCUT2D eigenvalue weighted by molar-refractivity contribution is 6.31. The first-order chi connectivity index (χ1) is 9.34. The van der Waals surface area contributed by atoms with Gasteiger partial charge < -0.3 is 0 Å². The average Bonchev–Trinajstić information content (AvgIpc) is 2.49. The molecule has 0 aliphatic heterocycles. The quantitative estimate of drug-likeness (QED) is 0.684. The topological polar surface area (TPSA) is 25.8 Å². The lowest BCUT2D eigenvalue weighted by Gasteiger charge is -2.09. The van der Waals surface area contributed by atoms with Crippen LogP contribution in [0.5, 0.6) is 0 Å². The molecule has 0 spiro atoms. The van der Waals surface area contributed by atoms with Gasteiger partial charge in [0.25, 0.3) is 0 Å². The summed E-state index contributed by atoms with van der Waals surface area (Å²) >= 11 is 6.12. The molecule has 1 heterocycles. The highest BCUT2D eigenvalue weighted by atomic mass is 35.5. The molecule has 0 bridgehead atoms. The second-order valence-electron chi connectivity index (χ2n) is 4.16. The van der Waals surface area contributed by atoms with Gasteiger partial charge in [-0.1, -0.05) is 48.0 Å². The summed E-state index contributed by atoms with van der Waals surface area (Å²) in [6.07, 6.45) is 1.67. The predicted molar refractivity (Wildman–Crippen MR) is 77.9 cm³/mol. The van der Waals surface area contributed by atoms with Gasteiger partial charge in [0.05, 0.1) is 5.69 Å². The van der Waals surface area contributed by atoms with Gasteiger partial charge in [-0.3, -0.25) is 0 Å². The van der Waals surface area contributed by atoms with Crippen LogP contribution in [0.15, 0.2) is 66.9 Å². The molecule has 92 valence electrons. The van der Waals surface area contributed by atoms with Gasteiger partial charge >= 0.3 is 0 Å². The standard InChI is InChI=1S/C16H11ClN2/c17-13-8-9-14(16-7-4-10-18-19-16)15(11-13)12-5-2-1-3-6-12/h1-11H. The Morgan fingerprint density at radius 3 is 2.37 bits per heavy atom. The SMILES string of the molecule is Clc1ccc(-c2cccnn2)c(-c2ccccc2)c1. The molecule has 0 saturated carbocycles. The van der Waals surface area contributed by atoms with Crippen molar-refractivity contribution in [2.24, 2.45) is 0 Å². The highest BCUT2D eigenvalue weighted by Gasteiger charge is 2.09. The fourth-order valence-corrected chi connectivity index (χ4v) is 2.21. The molecular formula is C16H11ClN2. The predicted octanol–water partition coefficient (Wildman–Crippen LogP) is 4.46. The summed E-state index contributed by atoms with van der Waals surface area (Å²) in [6, 6.07) is 19.8. The molecule has 0 fully saturated rings. The molecule has 3 rings (SSSR count). The van der Waals surface area contributed by atoms with Crippen molar-refractivity contribution >= 4 is 11.6 Å². The number of hydrogen-bond acceptors (Lipinski definition) is 2. The van der Waals surface area contributed by atoms with Crippen LogP contribution in [0.3, 0.4) is 0 Å². The van der Waals surface area contributed by atoms with Gasteiger partial charge in [-0.25, -0.2) is 0 Å². The van der Waals surface area contributed by atoms with E-state index >= 15 is 0 Å². The second-order valence-corrected chi connectivity index (χ2v) is 4.60. The Bertz CT molecular complexity index is 682. The molecule has 0 N–H and O–H groups in total. The van der Waals surface area contributed by atoms with Gasteiger partial charge in [0.15, 0.2) is 0 Å². The number of hydrogen-bond donors (Lipinski definition) is 0. The molecule has 3 aromatic rings. The molecule has 0 aliphatic carbocycles. The summed E-state index contributed by atoms with van der Waals surface area (Å²) in [7, 11) is 0. The Morgan fingerprint density at radius 1 is 0.789 bits per heavy atom. The van der Waals surface area contributed by atoms with Crippen molar-refractivity contribution in [2.75, 3.05) is 0 Å². The average molecular weight is 267 g/mol. The Morgan fingerprint density at radius 2 is 1.63 bits per heavy atom. The van der Waals surface area contributed by atoms with E-state index in [9.17, 15) is 0 Å². The molecule has 0 aliphatic rings. The maximum Gasteiger partial charge on any atom is 0.0935 e. The lowest BCUT2D eigenvalue weighted by Crippen LogP contribution is -1.89. The summed E-state index contributed by atoms with van der Waals surface area (Å²) in [5, 5.41) is 8.82. The van der Waals surface area contributed by atoms with Crippen molar-refractivity contribution in [3.63, 3.8) is 0 Å². The monoisotopic (exact) mass is 266 g/mol. The minimum absolute atomic E-state index is 0.714. The summed E-state index contributed by atoms with van der Waals surface area (Å²) in [4.78, 5) is 0. The summed E-state index contributed by atoms with van der Waals surface area (Å²) in [5.74, 6) is 0. The van der Waals surface area contributed by atoms with Crippen LogP contribution in [0.25, 0.3) is 22.4 Å². The van der Waals surface area contributed by atoms with Crippen LogP contribution in [0.2, 0.25) is 5.02 Å². The van der Waals surface area contributed by atoms with Crippen LogP contribution in [0.1, 0.15) is 0 Å². The van der Waals surface area contributed by atoms with Crippen molar-refractivity contribution < 1.29 is 0 Å².